The van der Waals surface area contributed by atoms with Crippen molar-refractivity contribution in [3.8, 4) is 0 Å². The average molecular weight is 290 g/mol. The molecule has 1 aliphatic rings. The van der Waals surface area contributed by atoms with Gasteiger partial charge in [0.25, 0.3) is 10.2 Å². The van der Waals surface area contributed by atoms with Crippen LogP contribution in [-0.4, -0.2) is 45.9 Å². The number of nitrogens with one attached hydrogen (secondary N) is 1. The Morgan fingerprint density at radius 1 is 1.47 bits per heavy atom. The zero-order valence-electron chi connectivity index (χ0n) is 11.5. The first kappa shape index (κ1) is 16.1. The normalized spacial score (nSPS) is 19.6. The molecule has 0 spiro atoms. The number of hydrogen-bond donors (Lipinski definition) is 1. The van der Waals surface area contributed by atoms with Crippen LogP contribution in [0.15, 0.2) is 12.2 Å². The Hall–Kier alpha value is -0.920. The lowest BCUT2D eigenvalue weighted by atomic mass is 9.95. The molecule has 7 heteroatoms. The van der Waals surface area contributed by atoms with Crippen molar-refractivity contribution in [1.82, 2.24) is 9.03 Å². The minimum atomic E-state index is -3.51. The monoisotopic (exact) mass is 290 g/mol. The van der Waals surface area contributed by atoms with E-state index >= 15 is 0 Å². The van der Waals surface area contributed by atoms with E-state index in [1.807, 2.05) is 0 Å². The van der Waals surface area contributed by atoms with Crippen LogP contribution >= 0.6 is 0 Å². The molecule has 1 N–H and O–H groups in total. The maximum absolute atomic E-state index is 11.9. The average Bonchev–Trinajstić information content (AvgIpc) is 2.43. The third-order valence-electron chi connectivity index (χ3n) is 3.20. The first-order chi connectivity index (χ1) is 8.95. The molecule has 1 atom stereocenters. The minimum Gasteiger partial charge on any atom is -0.469 e. The molecule has 19 heavy (non-hydrogen) atoms. The number of methoxy groups -OCH3 is 1. The molecule has 0 aromatic heterocycles. The predicted molar refractivity (Wildman–Crippen MR) is 72.7 cm³/mol. The first-order valence-electron chi connectivity index (χ1n) is 6.38. The molecule has 6 nitrogen and oxygen atoms in total. The number of carbonyl (C=O) groups excluding carboxylic acids is 1. The lowest BCUT2D eigenvalue weighted by Gasteiger charge is -2.21. The maximum atomic E-state index is 11.9. The fourth-order valence-corrected chi connectivity index (χ4v) is 2.84. The van der Waals surface area contributed by atoms with Crippen LogP contribution < -0.4 is 4.72 Å². The highest BCUT2D eigenvalue weighted by molar-refractivity contribution is 7.87. The molecule has 1 rings (SSSR count). The number of allylic oxidation sites excluding steroid dienone is 2. The Morgan fingerprint density at radius 2 is 2.21 bits per heavy atom. The Bertz CT molecular complexity index is 419. The van der Waals surface area contributed by atoms with Gasteiger partial charge in [-0.05, 0) is 25.2 Å². The zero-order valence-corrected chi connectivity index (χ0v) is 12.3. The standard InChI is InChI=1S/C12H22N2O4S/c1-14(9-8-12(15)18-2)19(16,17)13-10-11-6-4-3-5-7-11/h3-4,11,13H,5-10H2,1-2H3. The number of carbonyl (C=O) groups is 1. The van der Waals surface area contributed by atoms with Crippen LogP contribution in [0.25, 0.3) is 0 Å². The number of esters is 1. The van der Waals surface area contributed by atoms with Gasteiger partial charge in [-0.15, -0.1) is 0 Å². The highest BCUT2D eigenvalue weighted by atomic mass is 32.2. The first-order valence-corrected chi connectivity index (χ1v) is 7.82. The second-order valence-corrected chi connectivity index (χ2v) is 6.51. The van der Waals surface area contributed by atoms with E-state index in [1.165, 1.54) is 14.2 Å². The fraction of sp³-hybridized carbons (Fsp3) is 0.750. The van der Waals surface area contributed by atoms with Crippen LogP contribution in [0.1, 0.15) is 25.7 Å². The summed E-state index contributed by atoms with van der Waals surface area (Å²) in [4.78, 5) is 11.0. The molecular formula is C12H22N2O4S. The second kappa shape index (κ2) is 7.62. The quantitative estimate of drug-likeness (QED) is 0.552. The van der Waals surface area contributed by atoms with Crippen LogP contribution in [0.2, 0.25) is 0 Å². The van der Waals surface area contributed by atoms with Crippen molar-refractivity contribution in [2.75, 3.05) is 27.2 Å². The highest BCUT2D eigenvalue weighted by Crippen LogP contribution is 2.17. The van der Waals surface area contributed by atoms with E-state index in [0.717, 1.165) is 23.6 Å². The molecule has 0 saturated carbocycles. The molecule has 0 aliphatic heterocycles. The van der Waals surface area contributed by atoms with E-state index in [-0.39, 0.29) is 13.0 Å². The number of ether oxygens (including phenoxy) is 1. The lowest BCUT2D eigenvalue weighted by Crippen LogP contribution is -2.41. The van der Waals surface area contributed by atoms with Gasteiger partial charge in [0, 0.05) is 20.1 Å². The van der Waals surface area contributed by atoms with Crippen LogP contribution in [0, 0.1) is 5.92 Å². The SMILES string of the molecule is COC(=O)CCN(C)S(=O)(=O)NCC1CC=CCC1. The second-order valence-electron chi connectivity index (χ2n) is 4.65. The Labute approximate surface area is 115 Å². The van der Waals surface area contributed by atoms with Gasteiger partial charge in [-0.3, -0.25) is 4.79 Å². The third-order valence-corrected chi connectivity index (χ3v) is 4.74. The minimum absolute atomic E-state index is 0.0556. The van der Waals surface area contributed by atoms with Gasteiger partial charge in [0.05, 0.1) is 13.5 Å². The Morgan fingerprint density at radius 3 is 2.79 bits per heavy atom. The van der Waals surface area contributed by atoms with Crippen LogP contribution in [-0.2, 0) is 19.7 Å². The molecule has 0 aromatic rings. The van der Waals surface area contributed by atoms with E-state index in [2.05, 4.69) is 21.6 Å². The van der Waals surface area contributed by atoms with Gasteiger partial charge >= 0.3 is 5.97 Å². The summed E-state index contributed by atoms with van der Waals surface area (Å²) in [5.41, 5.74) is 0. The van der Waals surface area contributed by atoms with E-state index in [1.54, 1.807) is 0 Å². The van der Waals surface area contributed by atoms with E-state index in [0.29, 0.717) is 12.5 Å². The largest absolute Gasteiger partial charge is 0.469 e. The lowest BCUT2D eigenvalue weighted by molar-refractivity contribution is -0.140. The van der Waals surface area contributed by atoms with Crippen LogP contribution in [0.4, 0.5) is 0 Å². The summed E-state index contributed by atoms with van der Waals surface area (Å²) >= 11 is 0. The van der Waals surface area contributed by atoms with Gasteiger partial charge in [-0.2, -0.15) is 12.7 Å². The zero-order chi connectivity index (χ0) is 14.3. The number of nitrogens with zero attached hydrogens (tertiary/aromatic N) is 1. The molecule has 0 radical (unpaired) electrons. The van der Waals surface area contributed by atoms with Gasteiger partial charge in [0.1, 0.15) is 0 Å². The summed E-state index contributed by atoms with van der Waals surface area (Å²) in [5.74, 6) is -0.0618. The van der Waals surface area contributed by atoms with E-state index in [4.69, 9.17) is 0 Å². The van der Waals surface area contributed by atoms with Crippen molar-refractivity contribution in [3.63, 3.8) is 0 Å². The highest BCUT2D eigenvalue weighted by Gasteiger charge is 2.20. The summed E-state index contributed by atoms with van der Waals surface area (Å²) < 4.78 is 32.0. The van der Waals surface area contributed by atoms with Crippen LogP contribution in [0.5, 0.6) is 0 Å². The van der Waals surface area contributed by atoms with Crippen molar-refractivity contribution < 1.29 is 17.9 Å². The Kier molecular flexibility index (Phi) is 6.47. The summed E-state index contributed by atoms with van der Waals surface area (Å²) in [5, 5.41) is 0. The molecule has 1 unspecified atom stereocenters. The molecule has 0 heterocycles. The molecule has 0 bridgehead atoms. The molecule has 0 aromatic carbocycles. The molecule has 110 valence electrons. The van der Waals surface area contributed by atoms with E-state index < -0.39 is 16.2 Å². The molecular weight excluding hydrogens is 268 g/mol. The summed E-state index contributed by atoms with van der Waals surface area (Å²) in [7, 11) is -0.778. The van der Waals surface area contributed by atoms with Gasteiger partial charge in [-0.1, -0.05) is 12.2 Å². The van der Waals surface area contributed by atoms with E-state index in [9.17, 15) is 13.2 Å². The Balaban J connectivity index is 2.37. The van der Waals surface area contributed by atoms with Crippen LogP contribution in [0.3, 0.4) is 0 Å². The fourth-order valence-electron chi connectivity index (χ4n) is 1.85. The van der Waals surface area contributed by atoms with Crippen molar-refractivity contribution >= 4 is 16.2 Å². The molecule has 0 fully saturated rings. The summed E-state index contributed by atoms with van der Waals surface area (Å²) in [6, 6.07) is 0. The van der Waals surface area contributed by atoms with Crippen molar-refractivity contribution in [2.24, 2.45) is 5.92 Å². The molecule has 0 amide bonds. The third kappa shape index (κ3) is 5.71. The predicted octanol–water partition coefficient (Wildman–Crippen LogP) is 0.672. The van der Waals surface area contributed by atoms with Gasteiger partial charge < -0.3 is 4.74 Å². The topological polar surface area (TPSA) is 75.7 Å². The van der Waals surface area contributed by atoms with Gasteiger partial charge in [0.2, 0.25) is 0 Å². The maximum Gasteiger partial charge on any atom is 0.306 e. The number of hydrogen-bond acceptors (Lipinski definition) is 4. The van der Waals surface area contributed by atoms with Crippen molar-refractivity contribution in [1.29, 1.82) is 0 Å². The number of rotatable bonds is 7. The smallest absolute Gasteiger partial charge is 0.306 e. The molecule has 0 saturated heterocycles. The summed E-state index contributed by atoms with van der Waals surface area (Å²) in [6.07, 6.45) is 7.18. The molecule has 1 aliphatic carbocycles. The van der Waals surface area contributed by atoms with Crippen molar-refractivity contribution in [3.05, 3.63) is 12.2 Å². The van der Waals surface area contributed by atoms with Gasteiger partial charge in [-0.25, -0.2) is 4.72 Å². The summed E-state index contributed by atoms with van der Waals surface area (Å²) in [6.45, 7) is 0.557. The van der Waals surface area contributed by atoms with Crippen molar-refractivity contribution in [2.45, 2.75) is 25.7 Å². The van der Waals surface area contributed by atoms with Gasteiger partial charge in [0.15, 0.2) is 0 Å².